The Kier molecular flexibility index (Phi) is 10.6. The second-order valence-corrected chi connectivity index (χ2v) is 6.83. The zero-order valence-corrected chi connectivity index (χ0v) is 19.1. The maximum atomic E-state index is 5.44. The van der Waals surface area contributed by atoms with E-state index < -0.39 is 0 Å². The molecule has 0 aliphatic rings. The number of nitrogens with one attached hydrogen (secondary N) is 1. The molecule has 5 nitrogen and oxygen atoms in total. The number of rotatable bonds is 8. The van der Waals surface area contributed by atoms with E-state index in [1.165, 1.54) is 5.01 Å². The molecular formula is C19H29IN4OS. The minimum absolute atomic E-state index is 0. The molecule has 0 aliphatic heterocycles. The largest absolute Gasteiger partial charge is 0.496 e. The van der Waals surface area contributed by atoms with Crippen molar-refractivity contribution in [1.82, 2.24) is 15.2 Å². The van der Waals surface area contributed by atoms with E-state index >= 15 is 0 Å². The van der Waals surface area contributed by atoms with Crippen molar-refractivity contribution in [3.63, 3.8) is 0 Å². The van der Waals surface area contributed by atoms with E-state index in [0.717, 1.165) is 55.4 Å². The fraction of sp³-hybridized carbons (Fsp3) is 0.474. The van der Waals surface area contributed by atoms with Gasteiger partial charge in [-0.1, -0.05) is 18.2 Å². The number of hydrogen-bond acceptors (Lipinski definition) is 4. The number of thiazole rings is 1. The van der Waals surface area contributed by atoms with Crippen LogP contribution in [0.4, 0.5) is 0 Å². The molecule has 0 saturated heterocycles. The van der Waals surface area contributed by atoms with E-state index in [1.807, 2.05) is 25.1 Å². The summed E-state index contributed by atoms with van der Waals surface area (Å²) in [7, 11) is 3.76. The molecule has 7 heteroatoms. The standard InChI is InChI=1S/C19H28N4OS.HI/c1-5-20-19(21-12-8-11-18-22-15(2)14-25-18)23(3)13-16-9-6-7-10-17(16)24-4;/h6-7,9-10,14H,5,8,11-13H2,1-4H3,(H,20,21);1H. The number of ether oxygens (including phenoxy) is 1. The Labute approximate surface area is 177 Å². The normalized spacial score (nSPS) is 11.0. The molecule has 1 heterocycles. The van der Waals surface area contributed by atoms with Crippen molar-refractivity contribution in [1.29, 1.82) is 0 Å². The van der Waals surface area contributed by atoms with Crippen molar-refractivity contribution in [2.75, 3.05) is 27.2 Å². The molecule has 0 atom stereocenters. The Morgan fingerprint density at radius 2 is 2.12 bits per heavy atom. The average Bonchev–Trinajstić information content (AvgIpc) is 3.03. The van der Waals surface area contributed by atoms with Crippen LogP contribution in [0, 0.1) is 6.92 Å². The molecule has 1 aromatic heterocycles. The first-order valence-electron chi connectivity index (χ1n) is 8.66. The summed E-state index contributed by atoms with van der Waals surface area (Å²) in [5.74, 6) is 1.83. The minimum atomic E-state index is 0. The summed E-state index contributed by atoms with van der Waals surface area (Å²) < 4.78 is 5.44. The molecule has 0 unspecified atom stereocenters. The molecule has 0 amide bonds. The quantitative estimate of drug-likeness (QED) is 0.263. The van der Waals surface area contributed by atoms with Crippen LogP contribution < -0.4 is 10.1 Å². The summed E-state index contributed by atoms with van der Waals surface area (Å²) in [4.78, 5) is 11.4. The summed E-state index contributed by atoms with van der Waals surface area (Å²) in [6.07, 6.45) is 1.99. The minimum Gasteiger partial charge on any atom is -0.496 e. The van der Waals surface area contributed by atoms with Gasteiger partial charge in [-0.2, -0.15) is 0 Å². The van der Waals surface area contributed by atoms with Gasteiger partial charge in [0.05, 0.1) is 12.1 Å². The molecule has 2 aromatic rings. The smallest absolute Gasteiger partial charge is 0.193 e. The number of methoxy groups -OCH3 is 1. The van der Waals surface area contributed by atoms with Gasteiger partial charge in [-0.25, -0.2) is 4.98 Å². The highest BCUT2D eigenvalue weighted by molar-refractivity contribution is 14.0. The molecule has 1 N–H and O–H groups in total. The Morgan fingerprint density at radius 3 is 2.77 bits per heavy atom. The third-order valence-electron chi connectivity index (χ3n) is 3.77. The highest BCUT2D eigenvalue weighted by Crippen LogP contribution is 2.18. The van der Waals surface area contributed by atoms with Crippen LogP contribution in [0.5, 0.6) is 5.75 Å². The van der Waals surface area contributed by atoms with Gasteiger partial charge < -0.3 is 15.0 Å². The van der Waals surface area contributed by atoms with Crippen LogP contribution in [0.1, 0.15) is 29.6 Å². The van der Waals surface area contributed by atoms with E-state index in [9.17, 15) is 0 Å². The third-order valence-corrected chi connectivity index (χ3v) is 4.80. The summed E-state index contributed by atoms with van der Waals surface area (Å²) in [6, 6.07) is 8.10. The first-order chi connectivity index (χ1) is 12.1. The van der Waals surface area contributed by atoms with Gasteiger partial charge >= 0.3 is 0 Å². The fourth-order valence-corrected chi connectivity index (χ4v) is 3.38. The maximum absolute atomic E-state index is 5.44. The second-order valence-electron chi connectivity index (χ2n) is 5.89. The van der Waals surface area contributed by atoms with Crippen LogP contribution in [0.2, 0.25) is 0 Å². The molecule has 2 rings (SSSR count). The SMILES string of the molecule is CCNC(=NCCCc1nc(C)cs1)N(C)Cc1ccccc1OC.I. The number of halogens is 1. The van der Waals surface area contributed by atoms with Gasteiger partial charge in [-0.15, -0.1) is 35.3 Å². The number of guanidine groups is 1. The van der Waals surface area contributed by atoms with E-state index in [4.69, 9.17) is 9.73 Å². The lowest BCUT2D eigenvalue weighted by Crippen LogP contribution is -2.38. The van der Waals surface area contributed by atoms with Gasteiger partial charge in [0.25, 0.3) is 0 Å². The van der Waals surface area contributed by atoms with Crippen molar-refractivity contribution >= 4 is 41.3 Å². The predicted octanol–water partition coefficient (Wildman–Crippen LogP) is 4.11. The highest BCUT2D eigenvalue weighted by Gasteiger charge is 2.09. The number of hydrogen-bond donors (Lipinski definition) is 1. The molecule has 1 aromatic carbocycles. The first-order valence-corrected chi connectivity index (χ1v) is 9.54. The molecule has 26 heavy (non-hydrogen) atoms. The molecule has 0 bridgehead atoms. The van der Waals surface area contributed by atoms with Crippen LogP contribution in [0.15, 0.2) is 34.6 Å². The summed E-state index contributed by atoms with van der Waals surface area (Å²) in [6.45, 7) is 6.51. The van der Waals surface area contributed by atoms with E-state index in [2.05, 4.69) is 40.6 Å². The Balaban J connectivity index is 0.00000338. The molecule has 0 aliphatic carbocycles. The highest BCUT2D eigenvalue weighted by atomic mass is 127. The van der Waals surface area contributed by atoms with Crippen LogP contribution in [-0.4, -0.2) is 43.1 Å². The zero-order chi connectivity index (χ0) is 18.1. The van der Waals surface area contributed by atoms with Gasteiger partial charge in [0.15, 0.2) is 5.96 Å². The number of aromatic nitrogens is 1. The molecule has 144 valence electrons. The van der Waals surface area contributed by atoms with E-state index in [1.54, 1.807) is 18.4 Å². The summed E-state index contributed by atoms with van der Waals surface area (Å²) in [5, 5.41) is 6.66. The average molecular weight is 488 g/mol. The molecular weight excluding hydrogens is 459 g/mol. The lowest BCUT2D eigenvalue weighted by Gasteiger charge is -2.23. The number of benzene rings is 1. The van der Waals surface area contributed by atoms with Crippen molar-refractivity contribution < 1.29 is 4.74 Å². The van der Waals surface area contributed by atoms with Crippen LogP contribution in [0.25, 0.3) is 0 Å². The van der Waals surface area contributed by atoms with Gasteiger partial charge in [0, 0.05) is 49.7 Å². The zero-order valence-electron chi connectivity index (χ0n) is 16.0. The molecule has 0 spiro atoms. The van der Waals surface area contributed by atoms with Crippen molar-refractivity contribution in [2.24, 2.45) is 4.99 Å². The van der Waals surface area contributed by atoms with Crippen molar-refractivity contribution in [3.05, 3.63) is 45.9 Å². The third kappa shape index (κ3) is 7.11. The molecule has 0 saturated carbocycles. The lowest BCUT2D eigenvalue weighted by atomic mass is 10.2. The first kappa shape index (κ1) is 22.7. The number of aliphatic imine (C=N–C) groups is 1. The summed E-state index contributed by atoms with van der Waals surface area (Å²) in [5.41, 5.74) is 2.25. The van der Waals surface area contributed by atoms with Gasteiger partial charge in [0.1, 0.15) is 5.75 Å². The van der Waals surface area contributed by atoms with E-state index in [-0.39, 0.29) is 24.0 Å². The Bertz CT molecular complexity index is 690. The number of aryl methyl sites for hydroxylation is 2. The fourth-order valence-electron chi connectivity index (χ4n) is 2.57. The van der Waals surface area contributed by atoms with Crippen LogP contribution in [-0.2, 0) is 13.0 Å². The van der Waals surface area contributed by atoms with Crippen LogP contribution in [0.3, 0.4) is 0 Å². The molecule has 0 fully saturated rings. The lowest BCUT2D eigenvalue weighted by molar-refractivity contribution is 0.396. The monoisotopic (exact) mass is 488 g/mol. The summed E-state index contributed by atoms with van der Waals surface area (Å²) >= 11 is 1.73. The molecule has 0 radical (unpaired) electrons. The van der Waals surface area contributed by atoms with E-state index in [0.29, 0.717) is 0 Å². The second kappa shape index (κ2) is 12.1. The van der Waals surface area contributed by atoms with Gasteiger partial charge in [-0.05, 0) is 26.3 Å². The van der Waals surface area contributed by atoms with Crippen LogP contribution >= 0.6 is 35.3 Å². The maximum Gasteiger partial charge on any atom is 0.193 e. The van der Waals surface area contributed by atoms with Crippen molar-refractivity contribution in [2.45, 2.75) is 33.2 Å². The van der Waals surface area contributed by atoms with Crippen molar-refractivity contribution in [3.8, 4) is 5.75 Å². The number of para-hydroxylation sites is 1. The topological polar surface area (TPSA) is 49.8 Å². The van der Waals surface area contributed by atoms with Gasteiger partial charge in [0.2, 0.25) is 0 Å². The van der Waals surface area contributed by atoms with Gasteiger partial charge in [-0.3, -0.25) is 4.99 Å². The Morgan fingerprint density at radius 1 is 1.35 bits per heavy atom. The number of nitrogens with zero attached hydrogens (tertiary/aromatic N) is 3. The Hall–Kier alpha value is -1.35. The predicted molar refractivity (Wildman–Crippen MR) is 121 cm³/mol.